The van der Waals surface area contributed by atoms with Gasteiger partial charge in [-0.2, -0.15) is 0 Å². The lowest BCUT2D eigenvalue weighted by Crippen LogP contribution is -2.43. The monoisotopic (exact) mass is 227 g/mol. The third-order valence-corrected chi connectivity index (χ3v) is 3.53. The molecule has 1 aliphatic heterocycles. The van der Waals surface area contributed by atoms with E-state index < -0.39 is 11.9 Å². The SMILES string of the molecule is CC(C(=O)O)C(=O)N1CCC(C(C)C)CC1. The first-order valence-electron chi connectivity index (χ1n) is 5.95. The van der Waals surface area contributed by atoms with E-state index in [0.717, 1.165) is 12.8 Å². The van der Waals surface area contributed by atoms with Crippen LogP contribution in [0.2, 0.25) is 0 Å². The van der Waals surface area contributed by atoms with Crippen LogP contribution in [-0.4, -0.2) is 35.0 Å². The van der Waals surface area contributed by atoms with Crippen LogP contribution in [0.4, 0.5) is 0 Å². The van der Waals surface area contributed by atoms with Gasteiger partial charge >= 0.3 is 5.97 Å². The first kappa shape index (κ1) is 13.0. The molecule has 0 radical (unpaired) electrons. The van der Waals surface area contributed by atoms with E-state index in [-0.39, 0.29) is 5.91 Å². The molecule has 4 nitrogen and oxygen atoms in total. The fraction of sp³-hybridized carbons (Fsp3) is 0.833. The lowest BCUT2D eigenvalue weighted by Gasteiger charge is -2.34. The Balaban J connectivity index is 2.48. The summed E-state index contributed by atoms with van der Waals surface area (Å²) in [7, 11) is 0. The smallest absolute Gasteiger partial charge is 0.315 e. The molecule has 0 aromatic carbocycles. The van der Waals surface area contributed by atoms with Crippen molar-refractivity contribution in [3.8, 4) is 0 Å². The number of likely N-dealkylation sites (tertiary alicyclic amines) is 1. The summed E-state index contributed by atoms with van der Waals surface area (Å²) in [5.41, 5.74) is 0. The number of amides is 1. The second-order valence-corrected chi connectivity index (χ2v) is 4.97. The maximum absolute atomic E-state index is 11.8. The minimum atomic E-state index is -1.03. The van der Waals surface area contributed by atoms with Gasteiger partial charge in [-0.15, -0.1) is 0 Å². The maximum atomic E-state index is 11.8. The molecule has 16 heavy (non-hydrogen) atoms. The molecule has 0 spiro atoms. The van der Waals surface area contributed by atoms with Crippen molar-refractivity contribution >= 4 is 11.9 Å². The third-order valence-electron chi connectivity index (χ3n) is 3.53. The fourth-order valence-corrected chi connectivity index (χ4v) is 2.17. The molecule has 1 aliphatic rings. The highest BCUT2D eigenvalue weighted by Crippen LogP contribution is 2.25. The van der Waals surface area contributed by atoms with Crippen LogP contribution < -0.4 is 0 Å². The largest absolute Gasteiger partial charge is 0.481 e. The van der Waals surface area contributed by atoms with Gasteiger partial charge in [0.2, 0.25) is 5.91 Å². The molecule has 0 saturated carbocycles. The Morgan fingerprint density at radius 2 is 1.69 bits per heavy atom. The van der Waals surface area contributed by atoms with Crippen molar-refractivity contribution in [3.05, 3.63) is 0 Å². The van der Waals surface area contributed by atoms with Gasteiger partial charge in [0.1, 0.15) is 5.92 Å². The molecule has 1 fully saturated rings. The number of carboxylic acid groups (broad SMARTS) is 1. The van der Waals surface area contributed by atoms with Crippen LogP contribution in [0, 0.1) is 17.8 Å². The number of hydrogen-bond acceptors (Lipinski definition) is 2. The van der Waals surface area contributed by atoms with Gasteiger partial charge in [-0.25, -0.2) is 0 Å². The van der Waals surface area contributed by atoms with Crippen molar-refractivity contribution in [2.24, 2.45) is 17.8 Å². The minimum absolute atomic E-state index is 0.241. The lowest BCUT2D eigenvalue weighted by molar-refractivity contribution is -0.151. The summed E-state index contributed by atoms with van der Waals surface area (Å²) in [6, 6.07) is 0. The first-order valence-corrected chi connectivity index (χ1v) is 5.95. The number of rotatable bonds is 3. The van der Waals surface area contributed by atoms with E-state index >= 15 is 0 Å². The number of carbonyl (C=O) groups is 2. The highest BCUT2D eigenvalue weighted by atomic mass is 16.4. The van der Waals surface area contributed by atoms with Crippen LogP contribution in [-0.2, 0) is 9.59 Å². The maximum Gasteiger partial charge on any atom is 0.315 e. The van der Waals surface area contributed by atoms with E-state index in [1.807, 2.05) is 0 Å². The van der Waals surface area contributed by atoms with Gasteiger partial charge in [0.25, 0.3) is 0 Å². The summed E-state index contributed by atoms with van der Waals surface area (Å²) in [6.07, 6.45) is 1.99. The van der Waals surface area contributed by atoms with Gasteiger partial charge in [-0.1, -0.05) is 13.8 Å². The van der Waals surface area contributed by atoms with E-state index in [0.29, 0.717) is 24.9 Å². The van der Waals surface area contributed by atoms with Crippen LogP contribution in [0.25, 0.3) is 0 Å². The predicted octanol–water partition coefficient (Wildman–Crippen LogP) is 1.60. The number of aliphatic carboxylic acids is 1. The average Bonchev–Trinajstić information content (AvgIpc) is 2.27. The highest BCUT2D eigenvalue weighted by Gasteiger charge is 2.29. The van der Waals surface area contributed by atoms with Gasteiger partial charge in [-0.05, 0) is 31.6 Å². The van der Waals surface area contributed by atoms with Crippen LogP contribution >= 0.6 is 0 Å². The number of carbonyl (C=O) groups excluding carboxylic acids is 1. The normalized spacial score (nSPS) is 19.9. The zero-order chi connectivity index (χ0) is 12.3. The van der Waals surface area contributed by atoms with Gasteiger partial charge in [0.15, 0.2) is 0 Å². The summed E-state index contributed by atoms with van der Waals surface area (Å²) in [6.45, 7) is 7.27. The van der Waals surface area contributed by atoms with E-state index in [1.54, 1.807) is 4.90 Å². The van der Waals surface area contributed by atoms with E-state index in [1.165, 1.54) is 6.92 Å². The van der Waals surface area contributed by atoms with E-state index in [2.05, 4.69) is 13.8 Å². The fourth-order valence-electron chi connectivity index (χ4n) is 2.17. The van der Waals surface area contributed by atoms with Crippen molar-refractivity contribution < 1.29 is 14.7 Å². The molecule has 92 valence electrons. The van der Waals surface area contributed by atoms with Gasteiger partial charge in [0.05, 0.1) is 0 Å². The topological polar surface area (TPSA) is 57.6 Å². The average molecular weight is 227 g/mol. The second-order valence-electron chi connectivity index (χ2n) is 4.97. The molecule has 0 aliphatic carbocycles. The number of hydrogen-bond donors (Lipinski definition) is 1. The van der Waals surface area contributed by atoms with Crippen LogP contribution in [0.3, 0.4) is 0 Å². The Bertz CT molecular complexity index is 267. The molecule has 1 atom stereocenters. The molecule has 1 saturated heterocycles. The minimum Gasteiger partial charge on any atom is -0.481 e. The molecule has 1 rings (SSSR count). The third kappa shape index (κ3) is 2.97. The summed E-state index contributed by atoms with van der Waals surface area (Å²) in [5.74, 6) is -0.861. The molecule has 1 N–H and O–H groups in total. The number of nitrogens with zero attached hydrogens (tertiary/aromatic N) is 1. The number of piperidine rings is 1. The Hall–Kier alpha value is -1.06. The molecule has 1 heterocycles. The Morgan fingerprint density at radius 1 is 1.19 bits per heavy atom. The summed E-state index contributed by atoms with van der Waals surface area (Å²) in [4.78, 5) is 24.2. The lowest BCUT2D eigenvalue weighted by atomic mass is 9.86. The zero-order valence-electron chi connectivity index (χ0n) is 10.3. The van der Waals surface area contributed by atoms with Crippen molar-refractivity contribution in [1.82, 2.24) is 4.90 Å². The molecule has 1 amide bonds. The predicted molar refractivity (Wildman–Crippen MR) is 60.9 cm³/mol. The summed E-state index contributed by atoms with van der Waals surface area (Å²) >= 11 is 0. The molecule has 0 aromatic rings. The van der Waals surface area contributed by atoms with Crippen molar-refractivity contribution in [2.75, 3.05) is 13.1 Å². The quantitative estimate of drug-likeness (QED) is 0.745. The molecular formula is C12H21NO3. The van der Waals surface area contributed by atoms with E-state index in [9.17, 15) is 9.59 Å². The Morgan fingerprint density at radius 3 is 2.06 bits per heavy atom. The Labute approximate surface area is 96.6 Å². The second kappa shape index (κ2) is 5.32. The van der Waals surface area contributed by atoms with Crippen molar-refractivity contribution in [3.63, 3.8) is 0 Å². The van der Waals surface area contributed by atoms with Crippen LogP contribution in [0.15, 0.2) is 0 Å². The molecule has 0 bridgehead atoms. The van der Waals surface area contributed by atoms with Crippen molar-refractivity contribution in [2.45, 2.75) is 33.6 Å². The van der Waals surface area contributed by atoms with Crippen LogP contribution in [0.5, 0.6) is 0 Å². The van der Waals surface area contributed by atoms with Gasteiger partial charge in [0, 0.05) is 13.1 Å². The Kier molecular flexibility index (Phi) is 4.33. The molecular weight excluding hydrogens is 206 g/mol. The molecule has 0 aromatic heterocycles. The van der Waals surface area contributed by atoms with Gasteiger partial charge < -0.3 is 10.0 Å². The number of carboxylic acids is 1. The molecule has 4 heteroatoms. The van der Waals surface area contributed by atoms with E-state index in [4.69, 9.17) is 5.11 Å². The van der Waals surface area contributed by atoms with Crippen LogP contribution in [0.1, 0.15) is 33.6 Å². The van der Waals surface area contributed by atoms with Crippen molar-refractivity contribution in [1.29, 1.82) is 0 Å². The van der Waals surface area contributed by atoms with Gasteiger partial charge in [-0.3, -0.25) is 9.59 Å². The summed E-state index contributed by atoms with van der Waals surface area (Å²) in [5, 5.41) is 8.78. The molecule has 1 unspecified atom stereocenters. The highest BCUT2D eigenvalue weighted by molar-refractivity contribution is 5.96. The first-order chi connectivity index (χ1) is 7.43. The standard InChI is InChI=1S/C12H21NO3/c1-8(2)10-4-6-13(7-5-10)11(14)9(3)12(15)16/h8-10H,4-7H2,1-3H3,(H,15,16). The summed E-state index contributed by atoms with van der Waals surface area (Å²) < 4.78 is 0. The zero-order valence-corrected chi connectivity index (χ0v) is 10.3.